The predicted octanol–water partition coefficient (Wildman–Crippen LogP) is 1.49. The number of urea groups is 1. The number of hydrogen-bond donors (Lipinski definition) is 0. The van der Waals surface area contributed by atoms with Crippen LogP contribution in [-0.4, -0.2) is 46.2 Å². The molecule has 3 heterocycles. The van der Waals surface area contributed by atoms with Crippen LogP contribution in [0.2, 0.25) is 0 Å². The molecule has 0 aliphatic carbocycles. The summed E-state index contributed by atoms with van der Waals surface area (Å²) in [5.41, 5.74) is 3.13. The van der Waals surface area contributed by atoms with Gasteiger partial charge in [0.15, 0.2) is 0 Å². The van der Waals surface area contributed by atoms with Gasteiger partial charge in [-0.15, -0.1) is 0 Å². The molecule has 0 radical (unpaired) electrons. The Morgan fingerprint density at radius 2 is 1.71 bits per heavy atom. The van der Waals surface area contributed by atoms with Gasteiger partial charge in [0.25, 0.3) is 5.91 Å². The minimum Gasteiger partial charge on any atom is -0.270 e. The van der Waals surface area contributed by atoms with E-state index in [9.17, 15) is 9.59 Å². The first-order valence-electron chi connectivity index (χ1n) is 7.74. The normalized spacial score (nSPS) is 19.5. The first kappa shape index (κ1) is 14.6. The second-order valence-corrected chi connectivity index (χ2v) is 6.26. The number of imide groups is 1. The maximum absolute atomic E-state index is 12.6. The number of benzene rings is 1. The Morgan fingerprint density at radius 3 is 2.38 bits per heavy atom. The van der Waals surface area contributed by atoms with Gasteiger partial charge in [0, 0.05) is 14.1 Å². The molecule has 1 atom stereocenters. The van der Waals surface area contributed by atoms with Crippen LogP contribution in [0.5, 0.6) is 0 Å². The average molecular weight is 324 g/mol. The maximum Gasteiger partial charge on any atom is 0.406 e. The van der Waals surface area contributed by atoms with Gasteiger partial charge in [-0.3, -0.25) is 14.6 Å². The first-order chi connectivity index (χ1) is 11.4. The highest BCUT2D eigenvalue weighted by Gasteiger charge is 2.52. The molecule has 4 rings (SSSR count). The van der Waals surface area contributed by atoms with Crippen molar-refractivity contribution in [3.8, 4) is 5.69 Å². The molecule has 7 nitrogen and oxygen atoms in total. The van der Waals surface area contributed by atoms with Crippen LogP contribution in [-0.2, 0) is 4.79 Å². The number of carbonyl (C=O) groups is 2. The maximum atomic E-state index is 12.6. The molecule has 0 spiro atoms. The van der Waals surface area contributed by atoms with Crippen molar-refractivity contribution in [3.63, 3.8) is 0 Å². The van der Waals surface area contributed by atoms with E-state index in [2.05, 4.69) is 4.99 Å². The Kier molecular flexibility index (Phi) is 2.90. The molecule has 0 saturated carbocycles. The van der Waals surface area contributed by atoms with E-state index in [1.54, 1.807) is 7.05 Å². The molecular weight excluding hydrogens is 306 g/mol. The molecule has 7 heteroatoms. The number of aliphatic imine (C=N–C) groups is 1. The number of rotatable bonds is 1. The predicted molar refractivity (Wildman–Crippen MR) is 87.5 cm³/mol. The fourth-order valence-corrected chi connectivity index (χ4v) is 3.28. The molecule has 1 aromatic heterocycles. The molecule has 1 aromatic carbocycles. The van der Waals surface area contributed by atoms with Gasteiger partial charge in [-0.25, -0.2) is 9.36 Å². The van der Waals surface area contributed by atoms with Crippen molar-refractivity contribution in [3.05, 3.63) is 41.7 Å². The number of imidazole rings is 1. The van der Waals surface area contributed by atoms with Gasteiger partial charge in [-0.2, -0.15) is 4.57 Å². The summed E-state index contributed by atoms with van der Waals surface area (Å²) in [7, 11) is 3.15. The molecule has 2 aromatic rings. The summed E-state index contributed by atoms with van der Waals surface area (Å²) in [4.78, 5) is 31.9. The minimum absolute atomic E-state index is 0.262. The Hall–Kier alpha value is -2.96. The Bertz CT molecular complexity index is 910. The highest BCUT2D eigenvalue weighted by Crippen LogP contribution is 2.30. The summed E-state index contributed by atoms with van der Waals surface area (Å²) in [5.74, 6) is 0.861. The quantitative estimate of drug-likeness (QED) is 0.746. The summed E-state index contributed by atoms with van der Waals surface area (Å²) in [5, 5.41) is 0. The van der Waals surface area contributed by atoms with Crippen LogP contribution < -0.4 is 4.57 Å². The van der Waals surface area contributed by atoms with E-state index in [0.717, 1.165) is 16.3 Å². The van der Waals surface area contributed by atoms with E-state index in [4.69, 9.17) is 0 Å². The van der Waals surface area contributed by atoms with Gasteiger partial charge in [0.05, 0.1) is 0 Å². The van der Waals surface area contributed by atoms with Gasteiger partial charge in [-0.1, -0.05) is 22.7 Å². The molecule has 3 amide bonds. The lowest BCUT2D eigenvalue weighted by atomic mass is 10.2. The van der Waals surface area contributed by atoms with Gasteiger partial charge in [0.1, 0.15) is 17.6 Å². The fourth-order valence-electron chi connectivity index (χ4n) is 3.28. The zero-order valence-corrected chi connectivity index (χ0v) is 14.0. The molecule has 2 aliphatic heterocycles. The number of amides is 3. The Balaban J connectivity index is 1.90. The van der Waals surface area contributed by atoms with Crippen LogP contribution in [0.3, 0.4) is 0 Å². The lowest BCUT2D eigenvalue weighted by molar-refractivity contribution is -0.676. The average Bonchev–Trinajstić information content (AvgIpc) is 3.06. The smallest absolute Gasteiger partial charge is 0.270 e. The van der Waals surface area contributed by atoms with Crippen molar-refractivity contribution in [2.24, 2.45) is 4.99 Å². The summed E-state index contributed by atoms with van der Waals surface area (Å²) >= 11 is 0. The highest BCUT2D eigenvalue weighted by molar-refractivity contribution is 6.18. The number of nitrogens with zero attached hydrogens (tertiary/aromatic N) is 5. The lowest BCUT2D eigenvalue weighted by Crippen LogP contribution is -2.61. The number of amidine groups is 1. The zero-order chi connectivity index (χ0) is 17.2. The molecule has 0 bridgehead atoms. The van der Waals surface area contributed by atoms with Crippen molar-refractivity contribution in [1.29, 1.82) is 0 Å². The standard InChI is InChI=1S/C17H18N5O2/c1-10-5-7-12(8-6-10)22-11(2)9-21-13-14(18-16(21)22)19(3)17(24)20(4)15(13)23/h5-9,13H,1-4H3/q+1. The Labute approximate surface area is 139 Å². The van der Waals surface area contributed by atoms with E-state index in [1.165, 1.54) is 17.5 Å². The van der Waals surface area contributed by atoms with Crippen LogP contribution in [0.4, 0.5) is 10.7 Å². The second kappa shape index (κ2) is 4.77. The van der Waals surface area contributed by atoms with E-state index < -0.39 is 6.04 Å². The summed E-state index contributed by atoms with van der Waals surface area (Å²) in [6.07, 6.45) is 1.91. The SMILES string of the molecule is Cc1ccc(-n2c(C)c[n+]3c2N=C2C3C(=O)N(C)C(=O)N2C)cc1. The molecule has 0 N–H and O–H groups in total. The van der Waals surface area contributed by atoms with Crippen molar-refractivity contribution in [2.75, 3.05) is 14.1 Å². The van der Waals surface area contributed by atoms with Crippen LogP contribution in [0.1, 0.15) is 17.3 Å². The van der Waals surface area contributed by atoms with Gasteiger partial charge in [-0.05, 0) is 26.0 Å². The van der Waals surface area contributed by atoms with Crippen molar-refractivity contribution < 1.29 is 14.2 Å². The van der Waals surface area contributed by atoms with E-state index >= 15 is 0 Å². The molecule has 122 valence electrons. The summed E-state index contributed by atoms with van der Waals surface area (Å²) < 4.78 is 3.84. The number of hydrogen-bond acceptors (Lipinski definition) is 3. The largest absolute Gasteiger partial charge is 0.406 e. The third-order valence-electron chi connectivity index (χ3n) is 4.62. The van der Waals surface area contributed by atoms with Crippen LogP contribution in [0.15, 0.2) is 35.5 Å². The molecule has 1 unspecified atom stereocenters. The Morgan fingerprint density at radius 1 is 1.04 bits per heavy atom. The first-order valence-corrected chi connectivity index (χ1v) is 7.74. The monoisotopic (exact) mass is 324 g/mol. The third kappa shape index (κ3) is 1.78. The van der Waals surface area contributed by atoms with Crippen LogP contribution in [0.25, 0.3) is 5.69 Å². The van der Waals surface area contributed by atoms with Gasteiger partial charge >= 0.3 is 12.0 Å². The number of aromatic nitrogens is 2. The molecule has 2 aliphatic rings. The van der Waals surface area contributed by atoms with Crippen LogP contribution in [0, 0.1) is 13.8 Å². The van der Waals surface area contributed by atoms with Crippen molar-refractivity contribution >= 4 is 23.7 Å². The number of likely N-dealkylation sites (N-methyl/N-ethyl adjacent to an activating group) is 2. The highest BCUT2D eigenvalue weighted by atomic mass is 16.2. The molecule has 1 fully saturated rings. The van der Waals surface area contributed by atoms with E-state index in [1.807, 2.05) is 53.4 Å². The summed E-state index contributed by atoms with van der Waals surface area (Å²) in [6.45, 7) is 4.02. The van der Waals surface area contributed by atoms with Crippen molar-refractivity contribution in [1.82, 2.24) is 14.4 Å². The van der Waals surface area contributed by atoms with Crippen molar-refractivity contribution in [2.45, 2.75) is 19.9 Å². The minimum atomic E-state index is -0.585. The molecule has 24 heavy (non-hydrogen) atoms. The zero-order valence-electron chi connectivity index (χ0n) is 14.0. The fraction of sp³-hybridized carbons (Fsp3) is 0.294. The van der Waals surface area contributed by atoms with Gasteiger partial charge in [0.2, 0.25) is 11.9 Å². The number of carbonyl (C=O) groups excluding carboxylic acids is 2. The van der Waals surface area contributed by atoms with E-state index in [-0.39, 0.29) is 11.9 Å². The third-order valence-corrected chi connectivity index (χ3v) is 4.62. The topological polar surface area (TPSA) is 61.8 Å². The molecular formula is C17H18N5O2+. The lowest BCUT2D eigenvalue weighted by Gasteiger charge is -2.30. The van der Waals surface area contributed by atoms with E-state index in [0.29, 0.717) is 11.8 Å². The van der Waals surface area contributed by atoms with Gasteiger partial charge < -0.3 is 0 Å². The molecule has 1 saturated heterocycles. The van der Waals surface area contributed by atoms with Crippen LogP contribution >= 0.6 is 0 Å². The number of fused-ring (bicyclic) bond motifs is 3. The second-order valence-electron chi connectivity index (χ2n) is 6.26. The summed E-state index contributed by atoms with van der Waals surface area (Å²) in [6, 6.07) is 7.17. The number of aryl methyl sites for hydroxylation is 2.